The number of aliphatic hydroxyl groups is 1. The summed E-state index contributed by atoms with van der Waals surface area (Å²) in [6.07, 6.45) is 12.9. The average molecular weight is 328 g/mol. The Morgan fingerprint density at radius 2 is 2.00 bits per heavy atom. The predicted molar refractivity (Wildman–Crippen MR) is 91.0 cm³/mol. The van der Waals surface area contributed by atoms with E-state index in [1.165, 1.54) is 24.8 Å². The summed E-state index contributed by atoms with van der Waals surface area (Å²) in [5, 5.41) is 10.7. The molecule has 0 aromatic rings. The molecule has 3 nitrogen and oxygen atoms in total. The van der Waals surface area contributed by atoms with Crippen LogP contribution in [0.5, 0.6) is 0 Å². The summed E-state index contributed by atoms with van der Waals surface area (Å²) in [6, 6.07) is 0. The summed E-state index contributed by atoms with van der Waals surface area (Å²) >= 11 is 0. The van der Waals surface area contributed by atoms with Gasteiger partial charge in [-0.1, -0.05) is 19.1 Å². The summed E-state index contributed by atoms with van der Waals surface area (Å²) in [6.45, 7) is 4.98. The Morgan fingerprint density at radius 3 is 2.83 bits per heavy atom. The van der Waals surface area contributed by atoms with Crippen LogP contribution in [0.4, 0.5) is 0 Å². The second kappa shape index (κ2) is 4.62. The lowest BCUT2D eigenvalue weighted by molar-refractivity contribution is -0.180. The van der Waals surface area contributed by atoms with Crippen molar-refractivity contribution in [3.8, 4) is 0 Å². The van der Waals surface area contributed by atoms with Gasteiger partial charge in [-0.05, 0) is 73.8 Å². The summed E-state index contributed by atoms with van der Waals surface area (Å²) in [7, 11) is 0. The van der Waals surface area contributed by atoms with Gasteiger partial charge in [-0.25, -0.2) is 0 Å². The van der Waals surface area contributed by atoms with Gasteiger partial charge in [0.2, 0.25) is 0 Å². The molecule has 5 aliphatic rings. The first-order valence-corrected chi connectivity index (χ1v) is 9.66. The Bertz CT molecular complexity index is 660. The minimum Gasteiger partial charge on any atom is -0.365 e. The molecule has 0 bridgehead atoms. The van der Waals surface area contributed by atoms with Crippen molar-refractivity contribution < 1.29 is 14.6 Å². The number of ketones is 1. The molecule has 1 heterocycles. The standard InChI is InChI=1S/C21H28O3/c1-19-9-7-14(22)11-13(19)3-4-15-16(19)8-10-21-12-24-20(2,23)18(21)6-5-17(15)21/h3-4,11,15-18,23H,5-10,12H2,1-2H3/t15-,16+,17+,18-,19+,20+,21-/m1/s1. The summed E-state index contributed by atoms with van der Waals surface area (Å²) in [4.78, 5) is 11.9. The number of fused-ring (bicyclic) bond motifs is 4. The number of hydrogen-bond donors (Lipinski definition) is 1. The monoisotopic (exact) mass is 328 g/mol. The van der Waals surface area contributed by atoms with E-state index in [0.717, 1.165) is 19.4 Å². The maximum atomic E-state index is 11.9. The first-order valence-electron chi connectivity index (χ1n) is 9.66. The van der Waals surface area contributed by atoms with Crippen molar-refractivity contribution in [1.29, 1.82) is 0 Å². The van der Waals surface area contributed by atoms with Crippen LogP contribution in [-0.4, -0.2) is 23.3 Å². The molecule has 0 aromatic heterocycles. The Kier molecular flexibility index (Phi) is 2.95. The average Bonchev–Trinajstić information content (AvgIpc) is 3.04. The SMILES string of the molecule is C[C@]1(O)OC[C@]23CC[C@H]4[C@@H](C=CC5=CC(=O)CC[C@@]54C)[C@@H]2CC[C@@H]31. The first-order chi connectivity index (χ1) is 11.4. The minimum absolute atomic E-state index is 0.162. The molecule has 1 saturated heterocycles. The maximum Gasteiger partial charge on any atom is 0.166 e. The molecule has 24 heavy (non-hydrogen) atoms. The quantitative estimate of drug-likeness (QED) is 0.738. The molecule has 2 saturated carbocycles. The van der Waals surface area contributed by atoms with E-state index >= 15 is 0 Å². The van der Waals surface area contributed by atoms with Gasteiger partial charge in [0.1, 0.15) is 0 Å². The zero-order chi connectivity index (χ0) is 16.7. The van der Waals surface area contributed by atoms with Crippen LogP contribution in [0, 0.1) is 34.5 Å². The molecule has 1 aliphatic heterocycles. The Morgan fingerprint density at radius 1 is 1.17 bits per heavy atom. The lowest BCUT2D eigenvalue weighted by Gasteiger charge is -2.55. The highest BCUT2D eigenvalue weighted by Gasteiger charge is 2.66. The third-order valence-electron chi connectivity index (χ3n) is 8.51. The van der Waals surface area contributed by atoms with Crippen molar-refractivity contribution in [3.63, 3.8) is 0 Å². The number of hydrogen-bond acceptors (Lipinski definition) is 3. The van der Waals surface area contributed by atoms with E-state index in [4.69, 9.17) is 4.74 Å². The van der Waals surface area contributed by atoms with Gasteiger partial charge in [0.05, 0.1) is 6.61 Å². The second-order valence-electron chi connectivity index (χ2n) is 9.38. The third kappa shape index (κ3) is 1.73. The molecular weight excluding hydrogens is 300 g/mol. The number of allylic oxidation sites excluding steroid dienone is 4. The largest absolute Gasteiger partial charge is 0.365 e. The van der Waals surface area contributed by atoms with Gasteiger partial charge in [-0.15, -0.1) is 0 Å². The number of rotatable bonds is 0. The van der Waals surface area contributed by atoms with E-state index in [9.17, 15) is 9.90 Å². The molecule has 0 unspecified atom stereocenters. The molecule has 1 N–H and O–H groups in total. The Hall–Kier alpha value is -0.930. The van der Waals surface area contributed by atoms with Crippen LogP contribution in [-0.2, 0) is 9.53 Å². The van der Waals surface area contributed by atoms with E-state index in [1.807, 2.05) is 13.0 Å². The van der Waals surface area contributed by atoms with Crippen LogP contribution in [0.2, 0.25) is 0 Å². The van der Waals surface area contributed by atoms with Crippen LogP contribution in [0.25, 0.3) is 0 Å². The van der Waals surface area contributed by atoms with Crippen LogP contribution in [0.3, 0.4) is 0 Å². The van der Waals surface area contributed by atoms with E-state index in [1.54, 1.807) is 0 Å². The molecule has 1 spiro atoms. The van der Waals surface area contributed by atoms with Crippen molar-refractivity contribution in [2.24, 2.45) is 34.5 Å². The fourth-order valence-electron chi connectivity index (χ4n) is 7.28. The molecule has 0 amide bonds. The Balaban J connectivity index is 1.55. The fraction of sp³-hybridized carbons (Fsp3) is 0.762. The van der Waals surface area contributed by atoms with Gasteiger partial charge in [0.25, 0.3) is 0 Å². The van der Waals surface area contributed by atoms with Crippen LogP contribution in [0.1, 0.15) is 52.4 Å². The lowest BCUT2D eigenvalue weighted by Crippen LogP contribution is -2.50. The number of ether oxygens (including phenoxy) is 1. The fourth-order valence-corrected chi connectivity index (χ4v) is 7.28. The van der Waals surface area contributed by atoms with Crippen LogP contribution >= 0.6 is 0 Å². The van der Waals surface area contributed by atoms with Gasteiger partial charge >= 0.3 is 0 Å². The summed E-state index contributed by atoms with van der Waals surface area (Å²) in [5.41, 5.74) is 1.60. The van der Waals surface area contributed by atoms with Crippen molar-refractivity contribution in [3.05, 3.63) is 23.8 Å². The Labute approximate surface area is 144 Å². The van der Waals surface area contributed by atoms with E-state index < -0.39 is 5.79 Å². The molecular formula is C21H28O3. The first kappa shape index (κ1) is 15.3. The molecule has 3 heteroatoms. The van der Waals surface area contributed by atoms with Crippen LogP contribution in [0.15, 0.2) is 23.8 Å². The van der Waals surface area contributed by atoms with E-state index in [0.29, 0.717) is 35.9 Å². The third-order valence-corrected chi connectivity index (χ3v) is 8.51. The van der Waals surface area contributed by atoms with Crippen molar-refractivity contribution >= 4 is 5.78 Å². The molecule has 4 aliphatic carbocycles. The normalized spacial score (nSPS) is 55.5. The van der Waals surface area contributed by atoms with Gasteiger partial charge < -0.3 is 9.84 Å². The predicted octanol–water partition coefficient (Wildman–Crippen LogP) is 3.63. The van der Waals surface area contributed by atoms with Crippen molar-refractivity contribution in [2.75, 3.05) is 6.61 Å². The molecule has 130 valence electrons. The van der Waals surface area contributed by atoms with Gasteiger partial charge in [0.15, 0.2) is 11.6 Å². The zero-order valence-corrected chi connectivity index (χ0v) is 14.8. The van der Waals surface area contributed by atoms with Gasteiger partial charge in [-0.3, -0.25) is 4.79 Å². The highest BCUT2D eigenvalue weighted by molar-refractivity contribution is 5.92. The summed E-state index contributed by atoms with van der Waals surface area (Å²) < 4.78 is 5.87. The highest BCUT2D eigenvalue weighted by atomic mass is 16.6. The molecule has 0 radical (unpaired) electrons. The van der Waals surface area contributed by atoms with Crippen molar-refractivity contribution in [2.45, 2.75) is 58.2 Å². The number of carbonyl (C=O) groups excluding carboxylic acids is 1. The molecule has 0 aromatic carbocycles. The highest BCUT2D eigenvalue weighted by Crippen LogP contribution is 2.68. The smallest absolute Gasteiger partial charge is 0.166 e. The number of carbonyl (C=O) groups is 1. The van der Waals surface area contributed by atoms with Gasteiger partial charge in [0, 0.05) is 17.8 Å². The molecule has 5 rings (SSSR count). The van der Waals surface area contributed by atoms with E-state index in [-0.39, 0.29) is 10.8 Å². The second-order valence-corrected chi connectivity index (χ2v) is 9.38. The van der Waals surface area contributed by atoms with Crippen LogP contribution < -0.4 is 0 Å². The summed E-state index contributed by atoms with van der Waals surface area (Å²) in [5.74, 6) is 1.49. The van der Waals surface area contributed by atoms with Crippen molar-refractivity contribution in [1.82, 2.24) is 0 Å². The zero-order valence-electron chi connectivity index (χ0n) is 14.8. The molecule has 7 atom stereocenters. The van der Waals surface area contributed by atoms with E-state index in [2.05, 4.69) is 19.1 Å². The lowest BCUT2D eigenvalue weighted by atomic mass is 9.48. The maximum absolute atomic E-state index is 11.9. The minimum atomic E-state index is -0.938. The molecule has 3 fully saturated rings. The topological polar surface area (TPSA) is 46.5 Å². The van der Waals surface area contributed by atoms with Gasteiger partial charge in [-0.2, -0.15) is 0 Å².